The molecule has 19 heavy (non-hydrogen) atoms. The van der Waals surface area contributed by atoms with E-state index in [-0.39, 0.29) is 23.5 Å². The van der Waals surface area contributed by atoms with Gasteiger partial charge in [-0.25, -0.2) is 4.79 Å². The van der Waals surface area contributed by atoms with Crippen molar-refractivity contribution in [2.75, 3.05) is 37.9 Å². The third kappa shape index (κ3) is 2.50. The zero-order chi connectivity index (χ0) is 14.0. The van der Waals surface area contributed by atoms with Gasteiger partial charge in [-0.3, -0.25) is 0 Å². The van der Waals surface area contributed by atoms with Crippen LogP contribution in [0.25, 0.3) is 0 Å². The van der Waals surface area contributed by atoms with E-state index in [9.17, 15) is 4.79 Å². The zero-order valence-corrected chi connectivity index (χ0v) is 11.0. The van der Waals surface area contributed by atoms with E-state index in [0.29, 0.717) is 18.8 Å². The van der Waals surface area contributed by atoms with Gasteiger partial charge in [0.15, 0.2) is 0 Å². The molecule has 0 bridgehead atoms. The average Bonchev–Trinajstić information content (AvgIpc) is 2.81. The second-order valence-corrected chi connectivity index (χ2v) is 4.50. The summed E-state index contributed by atoms with van der Waals surface area (Å²) in [6.45, 7) is 1.25. The van der Waals surface area contributed by atoms with Crippen LogP contribution in [0.3, 0.4) is 0 Å². The lowest BCUT2D eigenvalue weighted by Gasteiger charge is -2.20. The number of methoxy groups -OCH3 is 2. The summed E-state index contributed by atoms with van der Waals surface area (Å²) in [6, 6.07) is 5.00. The van der Waals surface area contributed by atoms with Crippen molar-refractivity contribution in [3.63, 3.8) is 0 Å². The number of carbonyl (C=O) groups is 1. The fourth-order valence-electron chi connectivity index (χ4n) is 2.41. The molecule has 1 fully saturated rings. The molecule has 1 saturated heterocycles. The smallest absolute Gasteiger partial charge is 0.337 e. The highest BCUT2D eigenvalue weighted by atomic mass is 16.5. The summed E-state index contributed by atoms with van der Waals surface area (Å²) in [4.78, 5) is 13.1. The number of benzene rings is 1. The molecule has 3 N–H and O–H groups in total. The molecule has 1 aromatic rings. The molecule has 0 radical (unpaired) electrons. The molecule has 0 amide bonds. The normalized spacial score (nSPS) is 22.7. The van der Waals surface area contributed by atoms with Crippen molar-refractivity contribution in [2.24, 2.45) is 0 Å². The summed E-state index contributed by atoms with van der Waals surface area (Å²) in [5, 5.41) is 9.08. The SMILES string of the molecule is COC1CN(c2cccc(C(=O)O)c2N)CC1OC. The number of para-hydroxylation sites is 1. The Morgan fingerprint density at radius 2 is 1.89 bits per heavy atom. The highest BCUT2D eigenvalue weighted by molar-refractivity contribution is 5.97. The minimum atomic E-state index is -1.02. The lowest BCUT2D eigenvalue weighted by Crippen LogP contribution is -2.27. The highest BCUT2D eigenvalue weighted by Gasteiger charge is 2.34. The average molecular weight is 266 g/mol. The molecule has 0 saturated carbocycles. The van der Waals surface area contributed by atoms with Crippen molar-refractivity contribution in [3.05, 3.63) is 23.8 Å². The summed E-state index contributed by atoms with van der Waals surface area (Å²) < 4.78 is 10.7. The number of nitrogen functional groups attached to an aromatic ring is 1. The zero-order valence-electron chi connectivity index (χ0n) is 11.0. The van der Waals surface area contributed by atoms with Crippen molar-refractivity contribution < 1.29 is 19.4 Å². The molecule has 2 atom stereocenters. The van der Waals surface area contributed by atoms with Gasteiger partial charge in [-0.15, -0.1) is 0 Å². The molecule has 2 unspecified atom stereocenters. The van der Waals surface area contributed by atoms with E-state index in [1.54, 1.807) is 20.3 Å². The maximum atomic E-state index is 11.1. The van der Waals surface area contributed by atoms with Crippen molar-refractivity contribution >= 4 is 17.3 Å². The van der Waals surface area contributed by atoms with E-state index in [2.05, 4.69) is 0 Å². The Balaban J connectivity index is 2.29. The van der Waals surface area contributed by atoms with Crippen molar-refractivity contribution in [3.8, 4) is 0 Å². The van der Waals surface area contributed by atoms with Crippen LogP contribution in [-0.4, -0.2) is 50.6 Å². The van der Waals surface area contributed by atoms with Gasteiger partial charge in [0.1, 0.15) is 12.2 Å². The first-order chi connectivity index (χ1) is 9.08. The van der Waals surface area contributed by atoms with Crippen LogP contribution in [0.15, 0.2) is 18.2 Å². The van der Waals surface area contributed by atoms with Crippen molar-refractivity contribution in [2.45, 2.75) is 12.2 Å². The molecule has 2 rings (SSSR count). The number of carboxylic acids is 1. The number of anilines is 2. The fourth-order valence-corrected chi connectivity index (χ4v) is 2.41. The first kappa shape index (κ1) is 13.6. The first-order valence-corrected chi connectivity index (χ1v) is 6.00. The highest BCUT2D eigenvalue weighted by Crippen LogP contribution is 2.30. The number of hydrogen-bond acceptors (Lipinski definition) is 5. The molecule has 0 aliphatic carbocycles. The number of hydrogen-bond donors (Lipinski definition) is 2. The van der Waals surface area contributed by atoms with Crippen LogP contribution < -0.4 is 10.6 Å². The molecule has 0 aromatic heterocycles. The van der Waals surface area contributed by atoms with Gasteiger partial charge in [-0.2, -0.15) is 0 Å². The molecule has 1 aliphatic heterocycles. The third-order valence-electron chi connectivity index (χ3n) is 3.48. The minimum absolute atomic E-state index is 0.0436. The largest absolute Gasteiger partial charge is 0.478 e. The van der Waals surface area contributed by atoms with Gasteiger partial charge in [0.25, 0.3) is 0 Å². The topological polar surface area (TPSA) is 85.0 Å². The predicted octanol–water partition coefficient (Wildman–Crippen LogP) is 0.817. The summed E-state index contributed by atoms with van der Waals surface area (Å²) >= 11 is 0. The Morgan fingerprint density at radius 1 is 1.32 bits per heavy atom. The number of nitrogens with two attached hydrogens (primary N) is 1. The fraction of sp³-hybridized carbons (Fsp3) is 0.462. The molecule has 6 nitrogen and oxygen atoms in total. The van der Waals surface area contributed by atoms with Gasteiger partial charge in [-0.05, 0) is 12.1 Å². The monoisotopic (exact) mass is 266 g/mol. The molecule has 0 spiro atoms. The van der Waals surface area contributed by atoms with Gasteiger partial charge >= 0.3 is 5.97 Å². The van der Waals surface area contributed by atoms with Crippen LogP contribution in [-0.2, 0) is 9.47 Å². The Labute approximate surface area is 111 Å². The lowest BCUT2D eigenvalue weighted by molar-refractivity contribution is -0.00461. The van der Waals surface area contributed by atoms with E-state index in [0.717, 1.165) is 0 Å². The molecular weight excluding hydrogens is 248 g/mol. The van der Waals surface area contributed by atoms with Crippen LogP contribution in [0.1, 0.15) is 10.4 Å². The Kier molecular flexibility index (Phi) is 3.92. The molecule has 1 aromatic carbocycles. The van der Waals surface area contributed by atoms with Gasteiger partial charge in [0.05, 0.1) is 16.9 Å². The van der Waals surface area contributed by atoms with E-state index in [1.807, 2.05) is 11.0 Å². The second kappa shape index (κ2) is 5.46. The quantitative estimate of drug-likeness (QED) is 0.785. The number of aromatic carboxylic acids is 1. The Bertz CT molecular complexity index is 466. The summed E-state index contributed by atoms with van der Waals surface area (Å²) in [5.74, 6) is -1.02. The van der Waals surface area contributed by atoms with Gasteiger partial charge in [-0.1, -0.05) is 6.07 Å². The minimum Gasteiger partial charge on any atom is -0.478 e. The second-order valence-electron chi connectivity index (χ2n) is 4.50. The molecule has 1 heterocycles. The summed E-state index contributed by atoms with van der Waals surface area (Å²) in [7, 11) is 3.27. The Hall–Kier alpha value is -1.79. The van der Waals surface area contributed by atoms with Gasteiger partial charge in [0, 0.05) is 27.3 Å². The number of nitrogens with zero attached hydrogens (tertiary/aromatic N) is 1. The van der Waals surface area contributed by atoms with Crippen molar-refractivity contribution in [1.82, 2.24) is 0 Å². The maximum Gasteiger partial charge on any atom is 0.337 e. The molecule has 104 valence electrons. The van der Waals surface area contributed by atoms with Crippen molar-refractivity contribution in [1.29, 1.82) is 0 Å². The van der Waals surface area contributed by atoms with E-state index in [1.165, 1.54) is 6.07 Å². The van der Waals surface area contributed by atoms with Gasteiger partial charge < -0.3 is 25.2 Å². The maximum absolute atomic E-state index is 11.1. The van der Waals surface area contributed by atoms with E-state index in [4.69, 9.17) is 20.3 Å². The van der Waals surface area contributed by atoms with E-state index >= 15 is 0 Å². The predicted molar refractivity (Wildman–Crippen MR) is 71.6 cm³/mol. The first-order valence-electron chi connectivity index (χ1n) is 6.00. The molecular formula is C13H18N2O4. The van der Waals surface area contributed by atoms with E-state index < -0.39 is 5.97 Å². The Morgan fingerprint density at radius 3 is 2.37 bits per heavy atom. The summed E-state index contributed by atoms with van der Waals surface area (Å²) in [6.07, 6.45) is -0.0873. The number of ether oxygens (including phenoxy) is 2. The standard InChI is InChI=1S/C13H18N2O4/c1-18-10-6-15(7-11(10)19-2)9-5-3-4-8(12(9)14)13(16)17/h3-5,10-11H,6-7,14H2,1-2H3,(H,16,17). The third-order valence-corrected chi connectivity index (χ3v) is 3.48. The molecule has 1 aliphatic rings. The van der Waals surface area contributed by atoms with Crippen LogP contribution in [0, 0.1) is 0 Å². The number of rotatable bonds is 4. The summed E-state index contributed by atoms with van der Waals surface area (Å²) in [5.41, 5.74) is 7.04. The van der Waals surface area contributed by atoms with Crippen LogP contribution in [0.2, 0.25) is 0 Å². The molecule has 6 heteroatoms. The van der Waals surface area contributed by atoms with Crippen LogP contribution in [0.5, 0.6) is 0 Å². The number of carboxylic acid groups (broad SMARTS) is 1. The van der Waals surface area contributed by atoms with Gasteiger partial charge in [0.2, 0.25) is 0 Å². The lowest BCUT2D eigenvalue weighted by atomic mass is 10.1. The van der Waals surface area contributed by atoms with Crippen LogP contribution >= 0.6 is 0 Å². The van der Waals surface area contributed by atoms with Crippen LogP contribution in [0.4, 0.5) is 11.4 Å².